The van der Waals surface area contributed by atoms with Gasteiger partial charge in [0.2, 0.25) is 0 Å². The molecule has 0 aliphatic carbocycles. The van der Waals surface area contributed by atoms with Crippen molar-refractivity contribution < 1.29 is 14.4 Å². The Bertz CT molecular complexity index is 490. The molecule has 4 heteroatoms. The molecular formula is C12H11NO3. The van der Waals surface area contributed by atoms with E-state index in [-0.39, 0.29) is 0 Å². The standard InChI is InChI=1S/C12H11NO3/c1-8-11(10(15)7-14)12(13-16-8)9-5-3-2-4-6-9/h2-7,10,15H,1H3. The van der Waals surface area contributed by atoms with E-state index in [0.29, 0.717) is 23.3 Å². The zero-order valence-corrected chi connectivity index (χ0v) is 8.75. The van der Waals surface area contributed by atoms with Gasteiger partial charge in [-0.25, -0.2) is 0 Å². The predicted molar refractivity (Wildman–Crippen MR) is 57.7 cm³/mol. The fourth-order valence-corrected chi connectivity index (χ4v) is 1.60. The Hall–Kier alpha value is -1.94. The first-order valence-electron chi connectivity index (χ1n) is 4.89. The molecule has 2 aromatic rings. The summed E-state index contributed by atoms with van der Waals surface area (Å²) in [6.45, 7) is 1.67. The van der Waals surface area contributed by atoms with E-state index in [9.17, 15) is 9.90 Å². The molecule has 1 heterocycles. The second-order valence-corrected chi connectivity index (χ2v) is 3.45. The average molecular weight is 217 g/mol. The van der Waals surface area contributed by atoms with Crippen molar-refractivity contribution in [1.82, 2.24) is 5.16 Å². The normalized spacial score (nSPS) is 12.4. The summed E-state index contributed by atoms with van der Waals surface area (Å²) in [6, 6.07) is 9.29. The lowest BCUT2D eigenvalue weighted by Crippen LogP contribution is -2.00. The van der Waals surface area contributed by atoms with Gasteiger partial charge in [0.05, 0.1) is 5.56 Å². The van der Waals surface area contributed by atoms with Crippen LogP contribution in [0.5, 0.6) is 0 Å². The highest BCUT2D eigenvalue weighted by Crippen LogP contribution is 2.29. The van der Waals surface area contributed by atoms with Gasteiger partial charge in [0, 0.05) is 5.56 Å². The molecular weight excluding hydrogens is 206 g/mol. The van der Waals surface area contributed by atoms with Crippen LogP contribution < -0.4 is 0 Å². The largest absolute Gasteiger partial charge is 0.381 e. The summed E-state index contributed by atoms with van der Waals surface area (Å²) in [6.07, 6.45) is -0.729. The maximum atomic E-state index is 10.6. The molecule has 1 aromatic carbocycles. The second-order valence-electron chi connectivity index (χ2n) is 3.45. The van der Waals surface area contributed by atoms with Crippen LogP contribution in [0.15, 0.2) is 34.9 Å². The van der Waals surface area contributed by atoms with E-state index in [1.165, 1.54) is 0 Å². The van der Waals surface area contributed by atoms with Gasteiger partial charge in [-0.1, -0.05) is 35.5 Å². The number of aldehydes is 1. The average Bonchev–Trinajstić information content (AvgIpc) is 2.71. The van der Waals surface area contributed by atoms with Gasteiger partial charge in [0.25, 0.3) is 0 Å². The number of benzene rings is 1. The van der Waals surface area contributed by atoms with Crippen molar-refractivity contribution in [1.29, 1.82) is 0 Å². The summed E-state index contributed by atoms with van der Waals surface area (Å²) in [4.78, 5) is 10.6. The van der Waals surface area contributed by atoms with E-state index in [1.54, 1.807) is 6.92 Å². The Balaban J connectivity index is 2.54. The van der Waals surface area contributed by atoms with Crippen LogP contribution in [0.2, 0.25) is 0 Å². The quantitative estimate of drug-likeness (QED) is 0.797. The highest BCUT2D eigenvalue weighted by atomic mass is 16.5. The number of hydrogen-bond acceptors (Lipinski definition) is 4. The first kappa shape index (κ1) is 10.6. The van der Waals surface area contributed by atoms with Crippen molar-refractivity contribution in [2.24, 2.45) is 0 Å². The zero-order valence-electron chi connectivity index (χ0n) is 8.75. The lowest BCUT2D eigenvalue weighted by atomic mass is 10.0. The van der Waals surface area contributed by atoms with Gasteiger partial charge in [0.1, 0.15) is 17.6 Å². The van der Waals surface area contributed by atoms with E-state index in [0.717, 1.165) is 5.56 Å². The molecule has 0 aliphatic heterocycles. The highest BCUT2D eigenvalue weighted by Gasteiger charge is 2.20. The molecule has 0 saturated heterocycles. The van der Waals surface area contributed by atoms with Crippen molar-refractivity contribution in [3.8, 4) is 11.3 Å². The molecule has 0 spiro atoms. The second kappa shape index (κ2) is 4.28. The van der Waals surface area contributed by atoms with Crippen LogP contribution in [0.3, 0.4) is 0 Å². The maximum absolute atomic E-state index is 10.6. The number of aliphatic hydroxyl groups is 1. The van der Waals surface area contributed by atoms with Crippen molar-refractivity contribution in [3.63, 3.8) is 0 Å². The lowest BCUT2D eigenvalue weighted by Gasteiger charge is -2.03. The molecule has 4 nitrogen and oxygen atoms in total. The van der Waals surface area contributed by atoms with E-state index in [2.05, 4.69) is 5.16 Å². The van der Waals surface area contributed by atoms with Crippen LogP contribution in [-0.2, 0) is 4.79 Å². The SMILES string of the molecule is Cc1onc(-c2ccccc2)c1C(O)C=O. The van der Waals surface area contributed by atoms with Crippen molar-refractivity contribution >= 4 is 6.29 Å². The molecule has 0 fully saturated rings. The third-order valence-electron chi connectivity index (χ3n) is 2.38. The van der Waals surface area contributed by atoms with Crippen LogP contribution in [0.1, 0.15) is 17.4 Å². The predicted octanol–water partition coefficient (Wildman–Crippen LogP) is 1.88. The number of aromatic nitrogens is 1. The molecule has 1 N–H and O–H groups in total. The van der Waals surface area contributed by atoms with E-state index in [4.69, 9.17) is 4.52 Å². The van der Waals surface area contributed by atoms with Crippen LogP contribution in [-0.4, -0.2) is 16.5 Å². The molecule has 2 rings (SSSR count). The number of aryl methyl sites for hydroxylation is 1. The molecule has 1 aromatic heterocycles. The van der Waals surface area contributed by atoms with Crippen molar-refractivity contribution in [3.05, 3.63) is 41.7 Å². The third kappa shape index (κ3) is 1.75. The Kier molecular flexibility index (Phi) is 2.83. The molecule has 1 atom stereocenters. The van der Waals surface area contributed by atoms with Gasteiger partial charge < -0.3 is 14.4 Å². The van der Waals surface area contributed by atoms with Crippen LogP contribution in [0.25, 0.3) is 11.3 Å². The Morgan fingerprint density at radius 2 is 2.06 bits per heavy atom. The van der Waals surface area contributed by atoms with Crippen LogP contribution in [0.4, 0.5) is 0 Å². The van der Waals surface area contributed by atoms with E-state index < -0.39 is 6.10 Å². The topological polar surface area (TPSA) is 63.3 Å². The molecule has 16 heavy (non-hydrogen) atoms. The summed E-state index contributed by atoms with van der Waals surface area (Å²) in [5.74, 6) is 0.457. The summed E-state index contributed by atoms with van der Waals surface area (Å²) in [5.41, 5.74) is 1.76. The van der Waals surface area contributed by atoms with Gasteiger partial charge in [-0.15, -0.1) is 0 Å². The fraction of sp³-hybridized carbons (Fsp3) is 0.167. The van der Waals surface area contributed by atoms with Crippen molar-refractivity contribution in [2.45, 2.75) is 13.0 Å². The van der Waals surface area contributed by atoms with Gasteiger partial charge in [-0.05, 0) is 6.92 Å². The van der Waals surface area contributed by atoms with Gasteiger partial charge in [-0.2, -0.15) is 0 Å². The minimum absolute atomic E-state index is 0.432. The van der Waals surface area contributed by atoms with E-state index in [1.807, 2.05) is 30.3 Å². The molecule has 0 aliphatic rings. The van der Waals surface area contributed by atoms with E-state index >= 15 is 0 Å². The molecule has 1 unspecified atom stereocenters. The Morgan fingerprint density at radius 1 is 1.38 bits per heavy atom. The smallest absolute Gasteiger partial charge is 0.153 e. The first-order valence-corrected chi connectivity index (χ1v) is 4.89. The molecule has 0 amide bonds. The maximum Gasteiger partial charge on any atom is 0.153 e. The fourth-order valence-electron chi connectivity index (χ4n) is 1.60. The number of rotatable bonds is 3. The van der Waals surface area contributed by atoms with Crippen LogP contribution in [0, 0.1) is 6.92 Å². The number of nitrogens with zero attached hydrogens (tertiary/aromatic N) is 1. The molecule has 0 radical (unpaired) electrons. The van der Waals surface area contributed by atoms with Gasteiger partial charge >= 0.3 is 0 Å². The summed E-state index contributed by atoms with van der Waals surface area (Å²) >= 11 is 0. The lowest BCUT2D eigenvalue weighted by molar-refractivity contribution is -0.115. The number of aliphatic hydroxyl groups excluding tert-OH is 1. The van der Waals surface area contributed by atoms with Gasteiger partial charge in [-0.3, -0.25) is 0 Å². The zero-order chi connectivity index (χ0) is 11.5. The summed E-state index contributed by atoms with van der Waals surface area (Å²) in [7, 11) is 0. The minimum atomic E-state index is -1.19. The Labute approximate surface area is 92.5 Å². The monoisotopic (exact) mass is 217 g/mol. The number of hydrogen-bond donors (Lipinski definition) is 1. The number of carbonyl (C=O) groups is 1. The molecule has 0 saturated carbocycles. The van der Waals surface area contributed by atoms with Crippen molar-refractivity contribution in [2.75, 3.05) is 0 Å². The first-order chi connectivity index (χ1) is 7.74. The highest BCUT2D eigenvalue weighted by molar-refractivity contribution is 5.70. The van der Waals surface area contributed by atoms with Gasteiger partial charge in [0.15, 0.2) is 6.29 Å². The molecule has 0 bridgehead atoms. The van der Waals surface area contributed by atoms with Crippen LogP contribution >= 0.6 is 0 Å². The minimum Gasteiger partial charge on any atom is -0.381 e. The summed E-state index contributed by atoms with van der Waals surface area (Å²) in [5, 5.41) is 13.4. The molecule has 82 valence electrons. The number of carbonyl (C=O) groups excluding carboxylic acids is 1. The Morgan fingerprint density at radius 3 is 2.69 bits per heavy atom. The third-order valence-corrected chi connectivity index (χ3v) is 2.38. The summed E-state index contributed by atoms with van der Waals surface area (Å²) < 4.78 is 5.00.